The van der Waals surface area contributed by atoms with Crippen molar-refractivity contribution in [3.05, 3.63) is 40.4 Å². The summed E-state index contributed by atoms with van der Waals surface area (Å²) in [5.41, 5.74) is 0.858. The van der Waals surface area contributed by atoms with Gasteiger partial charge in [-0.15, -0.1) is 0 Å². The predicted molar refractivity (Wildman–Crippen MR) is 68.3 cm³/mol. The van der Waals surface area contributed by atoms with E-state index in [0.717, 1.165) is 0 Å². The smallest absolute Gasteiger partial charge is 0.392 e. The van der Waals surface area contributed by atoms with Crippen LogP contribution < -0.4 is 4.90 Å². The summed E-state index contributed by atoms with van der Waals surface area (Å²) in [7, 11) is 0. The summed E-state index contributed by atoms with van der Waals surface area (Å²) in [6.45, 7) is 0.264. The van der Waals surface area contributed by atoms with Crippen molar-refractivity contribution in [2.45, 2.75) is 19.2 Å². The molecule has 0 fully saturated rings. The molecule has 0 amide bonds. The van der Waals surface area contributed by atoms with Crippen LogP contribution in [-0.2, 0) is 6.61 Å². The van der Waals surface area contributed by atoms with Crippen LogP contribution in [-0.4, -0.2) is 24.4 Å². The lowest BCUT2D eigenvalue weighted by Crippen LogP contribution is -2.32. The van der Waals surface area contributed by atoms with E-state index in [-0.39, 0.29) is 26.1 Å². The van der Waals surface area contributed by atoms with Crippen molar-refractivity contribution in [3.63, 3.8) is 0 Å². The summed E-state index contributed by atoms with van der Waals surface area (Å²) < 4.78 is 37.6. The van der Waals surface area contributed by atoms with E-state index >= 15 is 0 Å². The lowest BCUT2D eigenvalue weighted by atomic mass is 10.1. The van der Waals surface area contributed by atoms with Gasteiger partial charge in [-0.25, -0.2) is 0 Å². The number of aliphatic hydroxyl groups is 1. The first kappa shape index (κ1) is 14.2. The highest BCUT2D eigenvalue weighted by Gasteiger charge is 2.34. The van der Waals surface area contributed by atoms with Gasteiger partial charge in [-0.2, -0.15) is 13.2 Å². The highest BCUT2D eigenvalue weighted by Crippen LogP contribution is 2.33. The minimum Gasteiger partial charge on any atom is -0.392 e. The molecule has 2 nitrogen and oxygen atoms in total. The zero-order valence-electron chi connectivity index (χ0n) is 10.0. The van der Waals surface area contributed by atoms with Crippen molar-refractivity contribution in [1.82, 2.24) is 0 Å². The maximum absolute atomic E-state index is 12.5. The van der Waals surface area contributed by atoms with Crippen LogP contribution in [0.3, 0.4) is 0 Å². The summed E-state index contributed by atoms with van der Waals surface area (Å²) in [4.78, 5) is 1.78. The van der Waals surface area contributed by atoms with Gasteiger partial charge < -0.3 is 10.0 Å². The number of hydrogen-bond acceptors (Lipinski definition) is 2. The second kappa shape index (κ2) is 5.43. The van der Waals surface area contributed by atoms with E-state index in [2.05, 4.69) is 0 Å². The highest BCUT2D eigenvalue weighted by molar-refractivity contribution is 6.30. The van der Waals surface area contributed by atoms with Crippen LogP contribution in [0, 0.1) is 0 Å². The predicted octanol–water partition coefficient (Wildman–Crippen LogP) is 3.53. The van der Waals surface area contributed by atoms with Crippen molar-refractivity contribution >= 4 is 17.3 Å². The maximum Gasteiger partial charge on any atom is 0.412 e. The van der Waals surface area contributed by atoms with Crippen LogP contribution >= 0.6 is 11.6 Å². The van der Waals surface area contributed by atoms with Gasteiger partial charge in [-0.1, -0.05) is 23.7 Å². The fourth-order valence-corrected chi connectivity index (χ4v) is 2.28. The number of rotatable bonds is 2. The third-order valence-electron chi connectivity index (χ3n) is 3.13. The molecule has 0 saturated heterocycles. The summed E-state index contributed by atoms with van der Waals surface area (Å²) in [5.74, 6) is 0. The fourth-order valence-electron chi connectivity index (χ4n) is 2.11. The van der Waals surface area contributed by atoms with Crippen molar-refractivity contribution in [3.8, 4) is 0 Å². The average Bonchev–Trinajstić information content (AvgIpc) is 2.38. The lowest BCUT2D eigenvalue weighted by Gasteiger charge is -2.30. The summed E-state index contributed by atoms with van der Waals surface area (Å²) in [5, 5.41) is 9.75. The molecule has 1 aromatic carbocycles. The van der Waals surface area contributed by atoms with Crippen LogP contribution in [0.5, 0.6) is 0 Å². The van der Waals surface area contributed by atoms with Gasteiger partial charge in [0.15, 0.2) is 0 Å². The second-order valence-electron chi connectivity index (χ2n) is 4.35. The Morgan fingerprint density at radius 3 is 2.58 bits per heavy atom. The van der Waals surface area contributed by atoms with E-state index < -0.39 is 11.7 Å². The topological polar surface area (TPSA) is 23.5 Å². The van der Waals surface area contributed by atoms with Gasteiger partial charge in [0.1, 0.15) is 0 Å². The van der Waals surface area contributed by atoms with Gasteiger partial charge in [0.05, 0.1) is 6.61 Å². The molecular formula is C13H13ClF3NO. The molecule has 104 valence electrons. The average molecular weight is 292 g/mol. The van der Waals surface area contributed by atoms with E-state index in [4.69, 9.17) is 11.6 Å². The van der Waals surface area contributed by atoms with Crippen LogP contribution in [0.15, 0.2) is 29.8 Å². The number of nitrogens with zero attached hydrogens (tertiary/aromatic N) is 1. The number of anilines is 1. The first-order valence-electron chi connectivity index (χ1n) is 5.82. The Hall–Kier alpha value is -1.20. The molecule has 0 unspecified atom stereocenters. The van der Waals surface area contributed by atoms with Gasteiger partial charge in [0, 0.05) is 34.9 Å². The molecule has 0 saturated carbocycles. The molecule has 0 aromatic heterocycles. The van der Waals surface area contributed by atoms with Gasteiger partial charge >= 0.3 is 6.18 Å². The normalized spacial score (nSPS) is 16.5. The standard InChI is InChI=1S/C13H13ClF3NO/c14-11-2-1-9(8-19)12(7-11)18-5-3-10(4-6-18)13(15,16)17/h1-3,7,19H,4-6,8H2. The quantitative estimate of drug-likeness (QED) is 0.843. The molecule has 6 heteroatoms. The van der Waals surface area contributed by atoms with Crippen LogP contribution in [0.4, 0.5) is 18.9 Å². The Morgan fingerprint density at radius 2 is 2.05 bits per heavy atom. The number of aliphatic hydroxyl groups excluding tert-OH is 1. The molecule has 1 aliphatic heterocycles. The highest BCUT2D eigenvalue weighted by atomic mass is 35.5. The maximum atomic E-state index is 12.5. The van der Waals surface area contributed by atoms with E-state index in [9.17, 15) is 18.3 Å². The first-order chi connectivity index (χ1) is 8.91. The summed E-state index contributed by atoms with van der Waals surface area (Å²) in [6.07, 6.45) is -3.12. The molecule has 0 bridgehead atoms. The van der Waals surface area contributed by atoms with E-state index in [0.29, 0.717) is 16.3 Å². The zero-order chi connectivity index (χ0) is 14.0. The third-order valence-corrected chi connectivity index (χ3v) is 3.37. The van der Waals surface area contributed by atoms with Gasteiger partial charge in [-0.3, -0.25) is 0 Å². The molecule has 0 radical (unpaired) electrons. The van der Waals surface area contributed by atoms with E-state index in [1.807, 2.05) is 0 Å². The van der Waals surface area contributed by atoms with Crippen LogP contribution in [0.1, 0.15) is 12.0 Å². The molecule has 1 heterocycles. The monoisotopic (exact) mass is 291 g/mol. The largest absolute Gasteiger partial charge is 0.412 e. The summed E-state index contributed by atoms with van der Waals surface area (Å²) in [6, 6.07) is 5.00. The Morgan fingerprint density at radius 1 is 1.32 bits per heavy atom. The van der Waals surface area contributed by atoms with Crippen molar-refractivity contribution < 1.29 is 18.3 Å². The van der Waals surface area contributed by atoms with Crippen molar-refractivity contribution in [2.75, 3.05) is 18.0 Å². The summed E-state index contributed by atoms with van der Waals surface area (Å²) >= 11 is 5.89. The molecule has 1 aliphatic rings. The molecule has 19 heavy (non-hydrogen) atoms. The van der Waals surface area contributed by atoms with E-state index in [1.165, 1.54) is 6.08 Å². The first-order valence-corrected chi connectivity index (χ1v) is 6.20. The van der Waals surface area contributed by atoms with E-state index in [1.54, 1.807) is 23.1 Å². The Labute approximate surface area is 114 Å². The van der Waals surface area contributed by atoms with Crippen molar-refractivity contribution in [1.29, 1.82) is 0 Å². The van der Waals surface area contributed by atoms with Crippen LogP contribution in [0.25, 0.3) is 0 Å². The number of alkyl halides is 3. The molecule has 0 atom stereocenters. The number of hydrogen-bond donors (Lipinski definition) is 1. The van der Waals surface area contributed by atoms with Gasteiger partial charge in [0.2, 0.25) is 0 Å². The molecular weight excluding hydrogens is 279 g/mol. The molecule has 1 aromatic rings. The Balaban J connectivity index is 2.22. The third kappa shape index (κ3) is 3.22. The lowest BCUT2D eigenvalue weighted by molar-refractivity contribution is -0.0944. The fraction of sp³-hybridized carbons (Fsp3) is 0.385. The Bertz CT molecular complexity index is 499. The Kier molecular flexibility index (Phi) is 4.06. The molecule has 0 aliphatic carbocycles. The second-order valence-corrected chi connectivity index (χ2v) is 4.79. The van der Waals surface area contributed by atoms with Gasteiger partial charge in [-0.05, 0) is 18.6 Å². The molecule has 0 spiro atoms. The van der Waals surface area contributed by atoms with Crippen molar-refractivity contribution in [2.24, 2.45) is 0 Å². The number of halogens is 4. The van der Waals surface area contributed by atoms with Crippen LogP contribution in [0.2, 0.25) is 5.02 Å². The molecule has 2 rings (SSSR count). The van der Waals surface area contributed by atoms with Gasteiger partial charge in [0.25, 0.3) is 0 Å². The molecule has 1 N–H and O–H groups in total. The SMILES string of the molecule is OCc1ccc(Cl)cc1N1CC=C(C(F)(F)F)CC1. The minimum atomic E-state index is -4.25. The zero-order valence-corrected chi connectivity index (χ0v) is 10.8. The minimum absolute atomic E-state index is 0.0547. The number of benzene rings is 1.